The van der Waals surface area contributed by atoms with Crippen LogP contribution in [-0.2, 0) is 11.3 Å². The smallest absolute Gasteiger partial charge is 0.233 e. The minimum absolute atomic E-state index is 0.122. The second-order valence-electron chi connectivity index (χ2n) is 7.33. The highest BCUT2D eigenvalue weighted by Gasteiger charge is 2.23. The summed E-state index contributed by atoms with van der Waals surface area (Å²) in [4.78, 5) is 16.9. The van der Waals surface area contributed by atoms with Crippen LogP contribution in [0.1, 0.15) is 18.1 Å². The number of halogens is 2. The lowest BCUT2D eigenvalue weighted by Crippen LogP contribution is -2.30. The highest BCUT2D eigenvalue weighted by Crippen LogP contribution is 2.33. The van der Waals surface area contributed by atoms with Crippen molar-refractivity contribution in [3.05, 3.63) is 88.2 Å². The van der Waals surface area contributed by atoms with Crippen molar-refractivity contribution < 1.29 is 4.79 Å². The molecule has 4 rings (SSSR count). The first-order chi connectivity index (χ1) is 16.0. The van der Waals surface area contributed by atoms with Crippen LogP contribution in [0.4, 0.5) is 0 Å². The number of benzene rings is 2. The summed E-state index contributed by atoms with van der Waals surface area (Å²) in [5, 5.41) is 13.2. The van der Waals surface area contributed by atoms with Crippen LogP contribution in [-0.4, -0.2) is 30.9 Å². The molecule has 9 heteroatoms. The van der Waals surface area contributed by atoms with Crippen molar-refractivity contribution in [3.8, 4) is 17.1 Å². The predicted octanol–water partition coefficient (Wildman–Crippen LogP) is 5.74. The molecule has 0 fully saturated rings. The van der Waals surface area contributed by atoms with Crippen LogP contribution in [0.5, 0.6) is 0 Å². The van der Waals surface area contributed by atoms with Gasteiger partial charge in [-0.1, -0.05) is 59.2 Å². The zero-order chi connectivity index (χ0) is 23.4. The first-order valence-corrected chi connectivity index (χ1v) is 11.9. The van der Waals surface area contributed by atoms with Gasteiger partial charge >= 0.3 is 0 Å². The maximum Gasteiger partial charge on any atom is 0.233 e. The molecule has 6 nitrogen and oxygen atoms in total. The molecule has 0 aliphatic heterocycles. The molecule has 168 valence electrons. The van der Waals surface area contributed by atoms with Crippen LogP contribution in [0.2, 0.25) is 10.0 Å². The molecule has 0 aliphatic rings. The lowest BCUT2D eigenvalue weighted by Gasteiger charge is -2.16. The molecular weight excluding hydrogens is 477 g/mol. The fourth-order valence-electron chi connectivity index (χ4n) is 3.27. The third kappa shape index (κ3) is 5.21. The molecule has 1 N–H and O–H groups in total. The van der Waals surface area contributed by atoms with E-state index in [0.29, 0.717) is 27.6 Å². The molecule has 0 radical (unpaired) electrons. The van der Waals surface area contributed by atoms with Crippen molar-refractivity contribution in [3.63, 3.8) is 0 Å². The average Bonchev–Trinajstić information content (AvgIpc) is 3.23. The van der Waals surface area contributed by atoms with Crippen LogP contribution < -0.4 is 5.32 Å². The van der Waals surface area contributed by atoms with Crippen LogP contribution in [0.25, 0.3) is 17.1 Å². The van der Waals surface area contributed by atoms with Crippen molar-refractivity contribution in [2.24, 2.45) is 0 Å². The molecule has 4 aromatic rings. The van der Waals surface area contributed by atoms with Crippen molar-refractivity contribution in [2.75, 3.05) is 0 Å². The van der Waals surface area contributed by atoms with Gasteiger partial charge in [-0.25, -0.2) is 0 Å². The second-order valence-corrected chi connectivity index (χ2v) is 9.45. The molecule has 2 aromatic heterocycles. The lowest BCUT2D eigenvalue weighted by atomic mass is 10.2. The van der Waals surface area contributed by atoms with E-state index < -0.39 is 5.25 Å². The predicted molar refractivity (Wildman–Crippen MR) is 133 cm³/mol. The number of pyridine rings is 1. The Balaban J connectivity index is 1.62. The number of carbonyl (C=O) groups is 1. The molecule has 2 heterocycles. The topological polar surface area (TPSA) is 72.7 Å². The minimum atomic E-state index is -0.416. The largest absolute Gasteiger partial charge is 0.351 e. The zero-order valence-corrected chi connectivity index (χ0v) is 20.3. The molecule has 1 amide bonds. The van der Waals surface area contributed by atoms with E-state index in [-0.39, 0.29) is 5.91 Å². The van der Waals surface area contributed by atoms with E-state index >= 15 is 0 Å². The molecule has 0 saturated heterocycles. The Kier molecular flexibility index (Phi) is 7.33. The van der Waals surface area contributed by atoms with E-state index in [4.69, 9.17) is 23.2 Å². The van der Waals surface area contributed by atoms with Crippen LogP contribution in [0.3, 0.4) is 0 Å². The Morgan fingerprint density at radius 3 is 2.52 bits per heavy atom. The summed E-state index contributed by atoms with van der Waals surface area (Å²) in [5.74, 6) is 0.525. The first kappa shape index (κ1) is 23.3. The summed E-state index contributed by atoms with van der Waals surface area (Å²) in [5.41, 5.74) is 3.47. The third-order valence-electron chi connectivity index (χ3n) is 5.11. The maximum absolute atomic E-state index is 12.8. The lowest BCUT2D eigenvalue weighted by molar-refractivity contribution is -0.120. The second kappa shape index (κ2) is 10.4. The summed E-state index contributed by atoms with van der Waals surface area (Å²) in [6, 6.07) is 16.9. The van der Waals surface area contributed by atoms with Gasteiger partial charge in [0.2, 0.25) is 5.91 Å². The zero-order valence-electron chi connectivity index (χ0n) is 18.0. The highest BCUT2D eigenvalue weighted by atomic mass is 35.5. The van der Waals surface area contributed by atoms with E-state index in [9.17, 15) is 4.79 Å². The minimum Gasteiger partial charge on any atom is -0.351 e. The summed E-state index contributed by atoms with van der Waals surface area (Å²) >= 11 is 13.9. The number of thioether (sulfide) groups is 1. The molecule has 0 spiro atoms. The van der Waals surface area contributed by atoms with Gasteiger partial charge in [-0.05, 0) is 55.3 Å². The normalized spacial score (nSPS) is 11.9. The number of hydrogen-bond donors (Lipinski definition) is 1. The Labute approximate surface area is 206 Å². The molecule has 33 heavy (non-hydrogen) atoms. The van der Waals surface area contributed by atoms with E-state index in [1.54, 1.807) is 18.5 Å². The highest BCUT2D eigenvalue weighted by molar-refractivity contribution is 8.00. The van der Waals surface area contributed by atoms with Gasteiger partial charge in [0, 0.05) is 34.5 Å². The average molecular weight is 498 g/mol. The summed E-state index contributed by atoms with van der Waals surface area (Å²) < 4.78 is 1.93. The van der Waals surface area contributed by atoms with Crippen molar-refractivity contribution in [1.82, 2.24) is 25.1 Å². The number of carbonyl (C=O) groups excluding carboxylic acids is 1. The summed E-state index contributed by atoms with van der Waals surface area (Å²) in [7, 11) is 0. The number of amides is 1. The molecule has 0 bridgehead atoms. The van der Waals surface area contributed by atoms with Crippen molar-refractivity contribution in [1.29, 1.82) is 0 Å². The van der Waals surface area contributed by atoms with Gasteiger partial charge in [0.1, 0.15) is 0 Å². The van der Waals surface area contributed by atoms with E-state index in [1.807, 2.05) is 66.9 Å². The van der Waals surface area contributed by atoms with Crippen LogP contribution in [0.15, 0.2) is 72.1 Å². The van der Waals surface area contributed by atoms with Gasteiger partial charge in [-0.15, -0.1) is 10.2 Å². The monoisotopic (exact) mass is 497 g/mol. The molecular formula is C24H21Cl2N5OS. The number of nitrogens with one attached hydrogen (secondary N) is 1. The molecule has 0 saturated carbocycles. The molecule has 1 unspecified atom stereocenters. The molecule has 1 atom stereocenters. The number of nitrogens with zero attached hydrogens (tertiary/aromatic N) is 4. The Hall–Kier alpha value is -2.87. The van der Waals surface area contributed by atoms with Gasteiger partial charge < -0.3 is 5.32 Å². The summed E-state index contributed by atoms with van der Waals surface area (Å²) in [6.45, 7) is 4.14. The van der Waals surface area contributed by atoms with Gasteiger partial charge in [-0.2, -0.15) is 0 Å². The van der Waals surface area contributed by atoms with Gasteiger partial charge in [-0.3, -0.25) is 14.3 Å². The van der Waals surface area contributed by atoms with E-state index in [2.05, 4.69) is 20.5 Å². The van der Waals surface area contributed by atoms with E-state index in [1.165, 1.54) is 11.8 Å². The quantitative estimate of drug-likeness (QED) is 0.329. The Morgan fingerprint density at radius 2 is 1.76 bits per heavy atom. The van der Waals surface area contributed by atoms with Crippen LogP contribution >= 0.6 is 35.0 Å². The third-order valence-corrected chi connectivity index (χ3v) is 6.94. The fourth-order valence-corrected chi connectivity index (χ4v) is 4.53. The van der Waals surface area contributed by atoms with Gasteiger partial charge in [0.15, 0.2) is 11.0 Å². The van der Waals surface area contributed by atoms with Gasteiger partial charge in [0.05, 0.1) is 10.9 Å². The fraction of sp³-hybridized carbons (Fsp3) is 0.167. The van der Waals surface area contributed by atoms with E-state index in [0.717, 1.165) is 22.4 Å². The Morgan fingerprint density at radius 1 is 1.03 bits per heavy atom. The van der Waals surface area contributed by atoms with Crippen LogP contribution in [0, 0.1) is 6.92 Å². The number of aromatic nitrogens is 4. The first-order valence-electron chi connectivity index (χ1n) is 10.2. The number of hydrogen-bond acceptors (Lipinski definition) is 5. The van der Waals surface area contributed by atoms with Crippen molar-refractivity contribution >= 4 is 40.9 Å². The standard InChI is InChI=1S/C24H21Cl2N5OS/c1-15-19(25)8-5-9-21(15)31-22(17-10-12-27-13-11-17)29-30-24(31)33-16(2)23(32)28-14-18-6-3-4-7-20(18)26/h3-13,16H,14H2,1-2H3,(H,28,32). The SMILES string of the molecule is Cc1c(Cl)cccc1-n1c(SC(C)C(=O)NCc2ccccc2Cl)nnc1-c1ccncc1. The Bertz CT molecular complexity index is 1280. The molecule has 0 aliphatic carbocycles. The molecule has 2 aromatic carbocycles. The van der Waals surface area contributed by atoms with Crippen molar-refractivity contribution in [2.45, 2.75) is 30.8 Å². The maximum atomic E-state index is 12.8. The number of rotatable bonds is 7. The summed E-state index contributed by atoms with van der Waals surface area (Å²) in [6.07, 6.45) is 3.41. The van der Waals surface area contributed by atoms with Gasteiger partial charge in [0.25, 0.3) is 0 Å².